The van der Waals surface area contributed by atoms with E-state index in [4.69, 9.17) is 0 Å². The Balaban J connectivity index is 2.32. The molecule has 0 aliphatic carbocycles. The largest absolute Gasteiger partial charge is 0.310 e. The minimum absolute atomic E-state index is 0.353. The highest BCUT2D eigenvalue weighted by molar-refractivity contribution is 9.10. The van der Waals surface area contributed by atoms with Crippen molar-refractivity contribution < 1.29 is 0 Å². The first-order valence-corrected chi connectivity index (χ1v) is 8.35. The fraction of sp³-hybridized carbons (Fsp3) is 0.368. The summed E-state index contributed by atoms with van der Waals surface area (Å²) in [6, 6.07) is 13.7. The lowest BCUT2D eigenvalue weighted by Gasteiger charge is -2.21. The molecule has 0 aliphatic heterocycles. The van der Waals surface area contributed by atoms with Gasteiger partial charge in [-0.3, -0.25) is 0 Å². The summed E-state index contributed by atoms with van der Waals surface area (Å²) in [5.74, 6) is 0. The minimum Gasteiger partial charge on any atom is -0.310 e. The van der Waals surface area contributed by atoms with Gasteiger partial charge in [0.15, 0.2) is 0 Å². The molecule has 0 spiro atoms. The molecule has 21 heavy (non-hydrogen) atoms. The van der Waals surface area contributed by atoms with E-state index in [1.807, 2.05) is 0 Å². The van der Waals surface area contributed by atoms with Crippen LogP contribution in [0.1, 0.15) is 40.8 Å². The molecule has 0 fully saturated rings. The summed E-state index contributed by atoms with van der Waals surface area (Å²) in [4.78, 5) is 0. The molecule has 1 atom stereocenters. The molecule has 0 aliphatic rings. The quantitative estimate of drug-likeness (QED) is 0.778. The van der Waals surface area contributed by atoms with Crippen LogP contribution in [0.3, 0.4) is 0 Å². The van der Waals surface area contributed by atoms with E-state index >= 15 is 0 Å². The molecule has 1 unspecified atom stereocenters. The number of nitrogens with one attached hydrogen (secondary N) is 1. The van der Waals surface area contributed by atoms with E-state index in [2.05, 4.69) is 85.3 Å². The molecule has 112 valence electrons. The second-order valence-electron chi connectivity index (χ2n) is 5.81. The Labute approximate surface area is 136 Å². The van der Waals surface area contributed by atoms with Crippen molar-refractivity contribution in [3.8, 4) is 0 Å². The molecular formula is C19H24BrN. The summed E-state index contributed by atoms with van der Waals surface area (Å²) in [6.45, 7) is 9.65. The molecule has 2 heteroatoms. The van der Waals surface area contributed by atoms with Gasteiger partial charge in [0.1, 0.15) is 0 Å². The molecule has 0 bridgehead atoms. The lowest BCUT2D eigenvalue weighted by Crippen LogP contribution is -2.23. The minimum atomic E-state index is 0.353. The first-order chi connectivity index (χ1) is 9.99. The lowest BCUT2D eigenvalue weighted by molar-refractivity contribution is 0.548. The molecule has 0 heterocycles. The Bertz CT molecular complexity index is 599. The molecule has 1 nitrogen and oxygen atoms in total. The summed E-state index contributed by atoms with van der Waals surface area (Å²) >= 11 is 3.62. The Morgan fingerprint density at radius 3 is 2.43 bits per heavy atom. The second kappa shape index (κ2) is 7.24. The fourth-order valence-corrected chi connectivity index (χ4v) is 3.39. The topological polar surface area (TPSA) is 12.0 Å². The van der Waals surface area contributed by atoms with Gasteiger partial charge in [-0.15, -0.1) is 0 Å². The van der Waals surface area contributed by atoms with Gasteiger partial charge in [0.25, 0.3) is 0 Å². The van der Waals surface area contributed by atoms with Gasteiger partial charge in [-0.1, -0.05) is 52.7 Å². The van der Waals surface area contributed by atoms with Gasteiger partial charge in [0.2, 0.25) is 0 Å². The zero-order chi connectivity index (χ0) is 15.4. The number of halogens is 1. The third kappa shape index (κ3) is 4.42. The monoisotopic (exact) mass is 345 g/mol. The zero-order valence-electron chi connectivity index (χ0n) is 13.3. The van der Waals surface area contributed by atoms with Gasteiger partial charge in [-0.25, -0.2) is 0 Å². The van der Waals surface area contributed by atoms with Crippen molar-refractivity contribution in [3.05, 3.63) is 68.7 Å². The molecule has 0 aromatic heterocycles. The average Bonchev–Trinajstić information content (AvgIpc) is 2.41. The summed E-state index contributed by atoms with van der Waals surface area (Å²) in [7, 11) is 0. The van der Waals surface area contributed by atoms with E-state index in [0.717, 1.165) is 17.4 Å². The van der Waals surface area contributed by atoms with Crippen LogP contribution < -0.4 is 5.32 Å². The number of rotatable bonds is 5. The van der Waals surface area contributed by atoms with Crippen molar-refractivity contribution in [2.45, 2.75) is 40.2 Å². The van der Waals surface area contributed by atoms with Gasteiger partial charge in [0, 0.05) is 10.5 Å². The van der Waals surface area contributed by atoms with Gasteiger partial charge < -0.3 is 5.32 Å². The smallest absolute Gasteiger partial charge is 0.0361 e. The highest BCUT2D eigenvalue weighted by Crippen LogP contribution is 2.25. The van der Waals surface area contributed by atoms with Crippen molar-refractivity contribution in [1.82, 2.24) is 5.32 Å². The number of hydrogen-bond acceptors (Lipinski definition) is 1. The second-order valence-corrected chi connectivity index (χ2v) is 6.72. The van der Waals surface area contributed by atoms with Crippen molar-refractivity contribution >= 4 is 15.9 Å². The molecular weight excluding hydrogens is 322 g/mol. The number of hydrogen-bond donors (Lipinski definition) is 1. The van der Waals surface area contributed by atoms with Gasteiger partial charge in [-0.05, 0) is 68.1 Å². The number of aryl methyl sites for hydroxylation is 3. The van der Waals surface area contributed by atoms with Crippen molar-refractivity contribution in [3.63, 3.8) is 0 Å². The fourth-order valence-electron chi connectivity index (χ4n) is 2.76. The highest BCUT2D eigenvalue weighted by Gasteiger charge is 2.13. The maximum atomic E-state index is 3.63. The Morgan fingerprint density at radius 1 is 1.00 bits per heavy atom. The van der Waals surface area contributed by atoms with E-state index in [9.17, 15) is 0 Å². The normalized spacial score (nSPS) is 12.4. The van der Waals surface area contributed by atoms with Crippen LogP contribution in [0.5, 0.6) is 0 Å². The molecule has 0 radical (unpaired) electrons. The van der Waals surface area contributed by atoms with Gasteiger partial charge in [-0.2, -0.15) is 0 Å². The molecule has 0 saturated heterocycles. The van der Waals surface area contributed by atoms with Crippen molar-refractivity contribution in [2.24, 2.45) is 0 Å². The van der Waals surface area contributed by atoms with Crippen molar-refractivity contribution in [1.29, 1.82) is 0 Å². The van der Waals surface area contributed by atoms with Crippen molar-refractivity contribution in [2.75, 3.05) is 6.54 Å². The lowest BCUT2D eigenvalue weighted by atomic mass is 9.94. The van der Waals surface area contributed by atoms with E-state index in [-0.39, 0.29) is 0 Å². The third-order valence-corrected chi connectivity index (χ3v) is 4.30. The molecule has 1 N–H and O–H groups in total. The maximum Gasteiger partial charge on any atom is 0.0361 e. The van der Waals surface area contributed by atoms with Crippen LogP contribution in [0.15, 0.2) is 40.9 Å². The van der Waals surface area contributed by atoms with Crippen LogP contribution in [0.2, 0.25) is 0 Å². The Morgan fingerprint density at radius 2 is 1.76 bits per heavy atom. The first kappa shape index (κ1) is 16.3. The Kier molecular flexibility index (Phi) is 5.60. The van der Waals surface area contributed by atoms with Crippen LogP contribution in [0.4, 0.5) is 0 Å². The SMILES string of the molecule is CCNC(Cc1cc(C)ccc1C)c1cc(C)cc(Br)c1. The van der Waals surface area contributed by atoms with Gasteiger partial charge in [0.05, 0.1) is 0 Å². The third-order valence-electron chi connectivity index (χ3n) is 3.85. The van der Waals surface area contributed by atoms with E-state index in [0.29, 0.717) is 6.04 Å². The van der Waals surface area contributed by atoms with Crippen LogP contribution >= 0.6 is 15.9 Å². The average molecular weight is 346 g/mol. The van der Waals surface area contributed by atoms with Crippen LogP contribution in [0.25, 0.3) is 0 Å². The summed E-state index contributed by atoms with van der Waals surface area (Å²) in [5.41, 5.74) is 6.78. The van der Waals surface area contributed by atoms with E-state index in [1.54, 1.807) is 0 Å². The molecule has 0 saturated carbocycles. The maximum absolute atomic E-state index is 3.63. The molecule has 2 rings (SSSR count). The summed E-state index contributed by atoms with van der Waals surface area (Å²) in [6.07, 6.45) is 1.03. The van der Waals surface area contributed by atoms with E-state index < -0.39 is 0 Å². The van der Waals surface area contributed by atoms with E-state index in [1.165, 1.54) is 27.8 Å². The van der Waals surface area contributed by atoms with Gasteiger partial charge >= 0.3 is 0 Å². The molecule has 0 amide bonds. The molecule has 2 aromatic rings. The molecule has 2 aromatic carbocycles. The number of benzene rings is 2. The predicted molar refractivity (Wildman–Crippen MR) is 94.9 cm³/mol. The number of likely N-dealkylation sites (N-methyl/N-ethyl adjacent to an activating group) is 1. The Hall–Kier alpha value is -1.12. The predicted octanol–water partition coefficient (Wildman–Crippen LogP) is 5.27. The summed E-state index contributed by atoms with van der Waals surface area (Å²) in [5, 5.41) is 3.63. The summed E-state index contributed by atoms with van der Waals surface area (Å²) < 4.78 is 1.15. The standard InChI is InChI=1S/C19H24BrN/c1-5-21-19(17-9-14(3)10-18(20)11-17)12-16-8-13(2)6-7-15(16)4/h6-11,19,21H,5,12H2,1-4H3. The van der Waals surface area contributed by atoms with Crippen LogP contribution in [-0.2, 0) is 6.42 Å². The van der Waals surface area contributed by atoms with Crippen LogP contribution in [0, 0.1) is 20.8 Å². The first-order valence-electron chi connectivity index (χ1n) is 7.56. The highest BCUT2D eigenvalue weighted by atomic mass is 79.9. The zero-order valence-corrected chi connectivity index (χ0v) is 14.9. The van der Waals surface area contributed by atoms with Crippen LogP contribution in [-0.4, -0.2) is 6.54 Å².